The molecule has 3 heterocycles. The number of amides is 2. The van der Waals surface area contributed by atoms with Gasteiger partial charge in [-0.05, 0) is 112 Å². The third-order valence-corrected chi connectivity index (χ3v) is 17.5. The number of carboxylic acid groups (broad SMARTS) is 1. The number of nitrogens with zero attached hydrogens (tertiary/aromatic N) is 2. The van der Waals surface area contributed by atoms with Crippen molar-refractivity contribution < 1.29 is 43.1 Å². The molecule has 0 saturated carbocycles. The molecule has 0 radical (unpaired) electrons. The Morgan fingerprint density at radius 1 is 0.934 bits per heavy atom. The molecule has 2 saturated heterocycles. The largest absolute Gasteiger partial charge is 0.505 e. The van der Waals surface area contributed by atoms with E-state index in [4.69, 9.17) is 14.2 Å². The van der Waals surface area contributed by atoms with Crippen molar-refractivity contribution in [2.24, 2.45) is 17.8 Å². The van der Waals surface area contributed by atoms with Crippen LogP contribution in [0.4, 0.5) is 4.39 Å². The number of carbonyl (C=O) groups is 3. The van der Waals surface area contributed by atoms with E-state index in [9.17, 15) is 28.9 Å². The number of unbranched alkanes of at least 4 members (excludes halogenated alkanes) is 2. The van der Waals surface area contributed by atoms with E-state index in [0.29, 0.717) is 49.8 Å². The molecule has 0 unspecified atom stereocenters. The van der Waals surface area contributed by atoms with Gasteiger partial charge in [0.15, 0.2) is 11.6 Å². The smallest absolute Gasteiger partial charge is 0.455 e. The van der Waals surface area contributed by atoms with Crippen LogP contribution in [0.25, 0.3) is 11.6 Å². The standard InChI is InChI=1S/C48H54BFN2O8Si/c1-48(2,3)61(35-15-7-4-8-16-35,36-17-9-5-10-18-36)59-31-34-29-37-45(47(57)52(46(37)56)26-14-6-11-20-43(54)55)38-30-49(58)60-42(44(34)38)24-22-33(40-19-12-13-25-51-40)27-32-21-23-41(53)39(50)28-32/h4-5,7-10,12-13,15-19,21,23,25,27-28,37-38,42,45,53,58H,6,11,14,20,22,24,26,29-31H2,1-3H3,(H,54,55)/b33-27-/t37-,38+,42-,45-/m1/s1. The number of phenolic OH excluding ortho intramolecular Hbond substituents is 1. The molecule has 1 aromatic heterocycles. The molecular weight excluding hydrogens is 790 g/mol. The number of pyridine rings is 1. The van der Waals surface area contributed by atoms with Crippen molar-refractivity contribution in [3.63, 3.8) is 0 Å². The van der Waals surface area contributed by atoms with Crippen LogP contribution in [-0.2, 0) is 23.5 Å². The second kappa shape index (κ2) is 18.8. The lowest BCUT2D eigenvalue weighted by atomic mass is 9.58. The number of imide groups is 1. The van der Waals surface area contributed by atoms with Crippen LogP contribution in [-0.4, -0.2) is 77.6 Å². The summed E-state index contributed by atoms with van der Waals surface area (Å²) in [5, 5.41) is 32.3. The van der Waals surface area contributed by atoms with E-state index >= 15 is 0 Å². The average Bonchev–Trinajstić information content (AvgIpc) is 3.48. The lowest BCUT2D eigenvalue weighted by molar-refractivity contribution is -0.141. The molecule has 61 heavy (non-hydrogen) atoms. The fourth-order valence-electron chi connectivity index (χ4n) is 9.79. The predicted molar refractivity (Wildman–Crippen MR) is 236 cm³/mol. The van der Waals surface area contributed by atoms with E-state index in [1.54, 1.807) is 12.3 Å². The second-order valence-electron chi connectivity index (χ2n) is 17.4. The van der Waals surface area contributed by atoms with Crippen molar-refractivity contribution in [2.75, 3.05) is 13.2 Å². The highest BCUT2D eigenvalue weighted by Crippen LogP contribution is 2.51. The summed E-state index contributed by atoms with van der Waals surface area (Å²) in [6.45, 7) is 7.01. The summed E-state index contributed by atoms with van der Waals surface area (Å²) < 4.78 is 28.4. The Morgan fingerprint density at radius 3 is 2.25 bits per heavy atom. The monoisotopic (exact) mass is 844 g/mol. The van der Waals surface area contributed by atoms with Gasteiger partial charge in [-0.3, -0.25) is 24.3 Å². The molecule has 0 bridgehead atoms. The molecule has 1 aliphatic carbocycles. The Morgan fingerprint density at radius 2 is 1.62 bits per heavy atom. The van der Waals surface area contributed by atoms with Gasteiger partial charge in [0, 0.05) is 19.2 Å². The quantitative estimate of drug-likeness (QED) is 0.0459. The number of benzene rings is 3. The molecule has 3 aliphatic rings. The third-order valence-electron chi connectivity index (χ3n) is 12.5. The summed E-state index contributed by atoms with van der Waals surface area (Å²) in [4.78, 5) is 45.8. The summed E-state index contributed by atoms with van der Waals surface area (Å²) in [6.07, 6.45) is 5.62. The molecule has 2 aliphatic heterocycles. The van der Waals surface area contributed by atoms with Crippen molar-refractivity contribution >= 4 is 55.2 Å². The molecule has 4 atom stereocenters. The van der Waals surface area contributed by atoms with Crippen LogP contribution in [0.2, 0.25) is 11.4 Å². The highest BCUT2D eigenvalue weighted by atomic mass is 28.4. The summed E-state index contributed by atoms with van der Waals surface area (Å²) in [7, 11) is -4.26. The Bertz CT molecular complexity index is 2230. The topological polar surface area (TPSA) is 146 Å². The summed E-state index contributed by atoms with van der Waals surface area (Å²) in [6, 6.07) is 30.4. The molecular formula is C48H54BFN2O8Si. The van der Waals surface area contributed by atoms with Crippen LogP contribution in [0.1, 0.15) is 77.0 Å². The Balaban J connectivity index is 1.28. The molecule has 2 amide bonds. The number of fused-ring (bicyclic) bond motifs is 3. The molecule has 0 spiro atoms. The van der Waals surface area contributed by atoms with Gasteiger partial charge in [-0.15, -0.1) is 0 Å². The van der Waals surface area contributed by atoms with E-state index in [1.165, 1.54) is 17.0 Å². The summed E-state index contributed by atoms with van der Waals surface area (Å²) in [5.41, 5.74) is 3.77. The van der Waals surface area contributed by atoms with Gasteiger partial charge in [-0.2, -0.15) is 0 Å². The van der Waals surface area contributed by atoms with Crippen LogP contribution < -0.4 is 10.4 Å². The highest BCUT2D eigenvalue weighted by molar-refractivity contribution is 6.99. The second-order valence-corrected chi connectivity index (χ2v) is 21.7. The van der Waals surface area contributed by atoms with Gasteiger partial charge >= 0.3 is 13.1 Å². The normalized spacial score (nSPS) is 20.8. The zero-order valence-electron chi connectivity index (χ0n) is 35.0. The first-order valence-corrected chi connectivity index (χ1v) is 23.2. The van der Waals surface area contributed by atoms with Gasteiger partial charge in [0.1, 0.15) is 0 Å². The number of likely N-dealkylation sites (tertiary alicyclic amines) is 1. The number of rotatable bonds is 16. The molecule has 4 aromatic rings. The number of phenols is 1. The third kappa shape index (κ3) is 9.35. The first kappa shape index (κ1) is 43.9. The first-order valence-electron chi connectivity index (χ1n) is 21.3. The van der Waals surface area contributed by atoms with Gasteiger partial charge in [0.05, 0.1) is 30.2 Å². The summed E-state index contributed by atoms with van der Waals surface area (Å²) in [5.74, 6) is -4.40. The number of hydrogen-bond acceptors (Lipinski definition) is 8. The Hall–Kier alpha value is -5.21. The molecule has 3 aromatic carbocycles. The number of carbonyl (C=O) groups excluding carboxylic acids is 2. The molecule has 10 nitrogen and oxygen atoms in total. The van der Waals surface area contributed by atoms with Crippen molar-refractivity contribution in [3.8, 4) is 5.75 Å². The van der Waals surface area contributed by atoms with Gasteiger partial charge in [-0.1, -0.05) is 100.0 Å². The van der Waals surface area contributed by atoms with Gasteiger partial charge in [0.25, 0.3) is 8.32 Å². The number of halogens is 1. The maximum atomic E-state index is 14.5. The highest BCUT2D eigenvalue weighted by Gasteiger charge is 2.58. The van der Waals surface area contributed by atoms with Crippen LogP contribution in [0, 0.1) is 23.6 Å². The number of hydrogen-bond donors (Lipinski definition) is 3. The number of allylic oxidation sites excluding steroid dienone is 1. The fourth-order valence-corrected chi connectivity index (χ4v) is 14.3. The molecule has 318 valence electrons. The van der Waals surface area contributed by atoms with E-state index < -0.39 is 56.8 Å². The summed E-state index contributed by atoms with van der Waals surface area (Å²) >= 11 is 0. The van der Waals surface area contributed by atoms with Crippen LogP contribution >= 0.6 is 0 Å². The van der Waals surface area contributed by atoms with Crippen LogP contribution in [0.5, 0.6) is 5.75 Å². The van der Waals surface area contributed by atoms with Crippen LogP contribution in [0.3, 0.4) is 0 Å². The number of carboxylic acids is 1. The van der Waals surface area contributed by atoms with E-state index in [2.05, 4.69) is 50.0 Å². The lowest BCUT2D eigenvalue weighted by Crippen LogP contribution is -2.66. The zero-order valence-corrected chi connectivity index (χ0v) is 36.0. The lowest BCUT2D eigenvalue weighted by Gasteiger charge is -2.46. The van der Waals surface area contributed by atoms with Crippen molar-refractivity contribution in [1.29, 1.82) is 0 Å². The zero-order chi connectivity index (χ0) is 43.3. The number of aromatic hydroxyl groups is 1. The van der Waals surface area contributed by atoms with Crippen LogP contribution in [0.15, 0.2) is 114 Å². The van der Waals surface area contributed by atoms with E-state index in [-0.39, 0.29) is 42.7 Å². The first-order chi connectivity index (χ1) is 29.3. The minimum atomic E-state index is -3.06. The fraction of sp³-hybridized carbons (Fsp3) is 0.375. The van der Waals surface area contributed by atoms with Crippen molar-refractivity contribution in [3.05, 3.63) is 131 Å². The average molecular weight is 845 g/mol. The number of aliphatic carboxylic acids is 1. The molecule has 2 fully saturated rings. The Labute approximate surface area is 358 Å². The SMILES string of the molecule is CC(C)(C)[Si](OCC1=C2[C@@H](CC/C(=C/c3ccc(O)c(F)c3)c3ccccn3)OB(O)C[C@@H]2[C@@H]2C(=O)N(CCCCCC(=O)O)C(=O)[C@@H]2C1)(c1ccccc1)c1ccccc1. The van der Waals surface area contributed by atoms with Gasteiger partial charge < -0.3 is 24.3 Å². The maximum Gasteiger partial charge on any atom is 0.455 e. The van der Waals surface area contributed by atoms with Crippen molar-refractivity contribution in [2.45, 2.75) is 83.2 Å². The minimum absolute atomic E-state index is 0.0273. The maximum absolute atomic E-state index is 14.5. The van der Waals surface area contributed by atoms with Crippen molar-refractivity contribution in [1.82, 2.24) is 9.88 Å². The Kier molecular flexibility index (Phi) is 13.5. The minimum Gasteiger partial charge on any atom is -0.505 e. The van der Waals surface area contributed by atoms with Gasteiger partial charge in [0.2, 0.25) is 11.8 Å². The molecule has 7 rings (SSSR count). The van der Waals surface area contributed by atoms with E-state index in [1.807, 2.05) is 60.7 Å². The molecule has 3 N–H and O–H groups in total. The molecule has 13 heteroatoms. The van der Waals surface area contributed by atoms with E-state index in [0.717, 1.165) is 27.1 Å². The number of aromatic nitrogens is 1. The predicted octanol–water partition coefficient (Wildman–Crippen LogP) is 7.27. The van der Waals surface area contributed by atoms with Gasteiger partial charge in [-0.25, -0.2) is 4.39 Å².